The Balaban J connectivity index is 2.11. The number of carbonyl (C=O) groups is 3. The first-order valence-electron chi connectivity index (χ1n) is 7.19. The van der Waals surface area contributed by atoms with Crippen molar-refractivity contribution in [1.29, 1.82) is 0 Å². The number of ether oxygens (including phenoxy) is 1. The second-order valence-electron chi connectivity index (χ2n) is 6.70. The highest BCUT2D eigenvalue weighted by atomic mass is 16.6. The minimum atomic E-state index is -0.850. The van der Waals surface area contributed by atoms with Crippen LogP contribution >= 0.6 is 0 Å². The van der Waals surface area contributed by atoms with E-state index in [4.69, 9.17) is 9.84 Å². The summed E-state index contributed by atoms with van der Waals surface area (Å²) in [4.78, 5) is 36.5. The minimum absolute atomic E-state index is 0.0339. The van der Waals surface area contributed by atoms with Gasteiger partial charge in [0, 0.05) is 0 Å². The number of hydrogen-bond acceptors (Lipinski definition) is 4. The van der Waals surface area contributed by atoms with Crippen molar-refractivity contribution in [3.05, 3.63) is 0 Å². The number of carbonyl (C=O) groups excluding carboxylic acids is 2. The van der Waals surface area contributed by atoms with Gasteiger partial charge in [-0.1, -0.05) is 0 Å². The van der Waals surface area contributed by atoms with Gasteiger partial charge < -0.3 is 15.2 Å². The molecule has 7 nitrogen and oxygen atoms in total. The third kappa shape index (κ3) is 3.65. The van der Waals surface area contributed by atoms with Gasteiger partial charge in [-0.05, 0) is 40.0 Å². The monoisotopic (exact) mass is 298 g/mol. The largest absolute Gasteiger partial charge is 0.481 e. The molecule has 2 rings (SSSR count). The molecule has 0 unspecified atom stereocenters. The van der Waals surface area contributed by atoms with Gasteiger partial charge in [0.1, 0.15) is 12.1 Å². The van der Waals surface area contributed by atoms with Crippen LogP contribution < -0.4 is 5.32 Å². The molecule has 1 aliphatic carbocycles. The molecule has 1 aliphatic heterocycles. The summed E-state index contributed by atoms with van der Waals surface area (Å²) in [6.07, 6.45) is 0.902. The number of hydrogen-bond donors (Lipinski definition) is 2. The van der Waals surface area contributed by atoms with E-state index in [2.05, 4.69) is 5.32 Å². The van der Waals surface area contributed by atoms with Gasteiger partial charge in [0.25, 0.3) is 0 Å². The van der Waals surface area contributed by atoms with E-state index in [1.807, 2.05) is 0 Å². The van der Waals surface area contributed by atoms with Crippen LogP contribution in [0.1, 0.15) is 40.0 Å². The van der Waals surface area contributed by atoms with Gasteiger partial charge in [-0.25, -0.2) is 4.79 Å². The number of piperazine rings is 1. The molecule has 0 aromatic rings. The summed E-state index contributed by atoms with van der Waals surface area (Å²) in [5.41, 5.74) is -0.626. The Morgan fingerprint density at radius 3 is 2.57 bits per heavy atom. The van der Waals surface area contributed by atoms with Crippen molar-refractivity contribution >= 4 is 18.0 Å². The summed E-state index contributed by atoms with van der Waals surface area (Å²) in [7, 11) is 0. The second-order valence-corrected chi connectivity index (χ2v) is 6.70. The highest BCUT2D eigenvalue weighted by Gasteiger charge is 2.44. The molecule has 1 saturated carbocycles. The van der Waals surface area contributed by atoms with Gasteiger partial charge in [-0.15, -0.1) is 0 Å². The molecule has 1 heterocycles. The Morgan fingerprint density at radius 2 is 2.00 bits per heavy atom. The normalized spacial score (nSPS) is 29.4. The van der Waals surface area contributed by atoms with Crippen molar-refractivity contribution in [3.8, 4) is 0 Å². The number of amides is 2. The molecule has 118 valence electrons. The molecule has 0 radical (unpaired) electrons. The van der Waals surface area contributed by atoms with Gasteiger partial charge in [-0.2, -0.15) is 0 Å². The molecule has 0 aromatic heterocycles. The van der Waals surface area contributed by atoms with Crippen molar-refractivity contribution in [3.63, 3.8) is 0 Å². The van der Waals surface area contributed by atoms with Gasteiger partial charge in [0.15, 0.2) is 0 Å². The predicted molar refractivity (Wildman–Crippen MR) is 73.6 cm³/mol. The lowest BCUT2D eigenvalue weighted by atomic mass is 9.80. The Kier molecular flexibility index (Phi) is 4.11. The van der Waals surface area contributed by atoms with E-state index in [1.54, 1.807) is 20.8 Å². The topological polar surface area (TPSA) is 95.9 Å². The Morgan fingerprint density at radius 1 is 1.33 bits per heavy atom. The van der Waals surface area contributed by atoms with E-state index in [-0.39, 0.29) is 24.5 Å². The van der Waals surface area contributed by atoms with Crippen LogP contribution in [0.15, 0.2) is 0 Å². The van der Waals surface area contributed by atoms with Crippen molar-refractivity contribution in [2.24, 2.45) is 5.92 Å². The van der Waals surface area contributed by atoms with Crippen LogP contribution in [0.3, 0.4) is 0 Å². The second kappa shape index (κ2) is 5.54. The van der Waals surface area contributed by atoms with Crippen LogP contribution in [0.2, 0.25) is 0 Å². The van der Waals surface area contributed by atoms with E-state index >= 15 is 0 Å². The number of carboxylic acid groups (broad SMARTS) is 1. The lowest BCUT2D eigenvalue weighted by Gasteiger charge is -2.45. The summed E-state index contributed by atoms with van der Waals surface area (Å²) in [5.74, 6) is -1.59. The molecule has 2 fully saturated rings. The highest BCUT2D eigenvalue weighted by molar-refractivity contribution is 5.84. The fourth-order valence-electron chi connectivity index (χ4n) is 2.95. The molecule has 1 saturated heterocycles. The average molecular weight is 298 g/mol. The molecular weight excluding hydrogens is 276 g/mol. The van der Waals surface area contributed by atoms with Crippen molar-refractivity contribution in [1.82, 2.24) is 10.2 Å². The number of rotatable bonds is 1. The number of nitrogens with one attached hydrogen (secondary N) is 1. The van der Waals surface area contributed by atoms with Crippen LogP contribution in [0.4, 0.5) is 4.79 Å². The Labute approximate surface area is 123 Å². The highest BCUT2D eigenvalue weighted by Crippen LogP contribution is 2.31. The zero-order valence-electron chi connectivity index (χ0n) is 12.6. The smallest absolute Gasteiger partial charge is 0.411 e. The molecule has 0 aromatic carbocycles. The fourth-order valence-corrected chi connectivity index (χ4v) is 2.95. The first-order valence-corrected chi connectivity index (χ1v) is 7.19. The lowest BCUT2D eigenvalue weighted by molar-refractivity contribution is -0.145. The third-order valence-corrected chi connectivity index (χ3v) is 3.85. The molecule has 3 atom stereocenters. The van der Waals surface area contributed by atoms with Crippen LogP contribution in [0.25, 0.3) is 0 Å². The third-order valence-electron chi connectivity index (χ3n) is 3.85. The van der Waals surface area contributed by atoms with E-state index in [0.29, 0.717) is 19.3 Å². The van der Waals surface area contributed by atoms with Crippen LogP contribution in [0.5, 0.6) is 0 Å². The van der Waals surface area contributed by atoms with Gasteiger partial charge in [-0.3, -0.25) is 14.5 Å². The maximum atomic E-state index is 12.2. The van der Waals surface area contributed by atoms with E-state index < -0.39 is 23.6 Å². The van der Waals surface area contributed by atoms with Gasteiger partial charge in [0.05, 0.1) is 18.0 Å². The maximum absolute atomic E-state index is 12.2. The zero-order chi connectivity index (χ0) is 15.8. The minimum Gasteiger partial charge on any atom is -0.481 e. The number of fused-ring (bicyclic) bond motifs is 1. The molecule has 7 heteroatoms. The van der Waals surface area contributed by atoms with Gasteiger partial charge >= 0.3 is 12.1 Å². The average Bonchev–Trinajstić information content (AvgIpc) is 2.34. The quantitative estimate of drug-likeness (QED) is 0.752. The zero-order valence-corrected chi connectivity index (χ0v) is 12.6. The number of carboxylic acids is 1. The van der Waals surface area contributed by atoms with Crippen LogP contribution in [0, 0.1) is 5.92 Å². The molecular formula is C14H22N2O5. The van der Waals surface area contributed by atoms with E-state index in [1.165, 1.54) is 4.90 Å². The summed E-state index contributed by atoms with van der Waals surface area (Å²) in [5, 5.41) is 11.9. The SMILES string of the molecule is CC(C)(C)OC(=O)N1CC(=O)N[C@@H]2C[C@@H](C(=O)O)CC[C@H]21. The van der Waals surface area contributed by atoms with E-state index in [0.717, 1.165) is 0 Å². The predicted octanol–water partition coefficient (Wildman–Crippen LogP) is 0.975. The first-order chi connectivity index (χ1) is 9.67. The molecule has 0 spiro atoms. The molecule has 21 heavy (non-hydrogen) atoms. The number of nitrogens with zero attached hydrogens (tertiary/aromatic N) is 1. The first kappa shape index (κ1) is 15.6. The van der Waals surface area contributed by atoms with Crippen LogP contribution in [-0.2, 0) is 14.3 Å². The van der Waals surface area contributed by atoms with Crippen molar-refractivity contribution in [2.75, 3.05) is 6.54 Å². The molecule has 2 N–H and O–H groups in total. The van der Waals surface area contributed by atoms with Crippen molar-refractivity contribution < 1.29 is 24.2 Å². The Hall–Kier alpha value is -1.79. The summed E-state index contributed by atoms with van der Waals surface area (Å²) < 4.78 is 5.34. The number of aliphatic carboxylic acids is 1. The molecule has 2 aliphatic rings. The lowest BCUT2D eigenvalue weighted by Crippen LogP contribution is -2.64. The summed E-state index contributed by atoms with van der Waals surface area (Å²) >= 11 is 0. The van der Waals surface area contributed by atoms with Gasteiger partial charge in [0.2, 0.25) is 5.91 Å². The standard InChI is InChI=1S/C14H22N2O5/c1-14(2,3)21-13(20)16-7-11(17)15-9-6-8(12(18)19)4-5-10(9)16/h8-10H,4-7H2,1-3H3,(H,15,17)(H,18,19)/t8-,9+,10+/m0/s1. The Bertz CT molecular complexity index is 457. The summed E-state index contributed by atoms with van der Waals surface area (Å²) in [6, 6.07) is -0.498. The van der Waals surface area contributed by atoms with Crippen molar-refractivity contribution in [2.45, 2.75) is 57.7 Å². The molecule has 2 amide bonds. The summed E-state index contributed by atoms with van der Waals surface area (Å²) in [6.45, 7) is 5.28. The maximum Gasteiger partial charge on any atom is 0.411 e. The molecule has 0 bridgehead atoms. The fraction of sp³-hybridized carbons (Fsp3) is 0.786. The van der Waals surface area contributed by atoms with E-state index in [9.17, 15) is 14.4 Å². The van der Waals surface area contributed by atoms with Crippen LogP contribution in [-0.4, -0.2) is 52.2 Å².